The van der Waals surface area contributed by atoms with Crippen molar-refractivity contribution in [1.82, 2.24) is 4.98 Å². The van der Waals surface area contributed by atoms with Crippen LogP contribution in [0.15, 0.2) is 18.3 Å². The van der Waals surface area contributed by atoms with Gasteiger partial charge in [0.25, 0.3) is 0 Å². The number of ketones is 1. The van der Waals surface area contributed by atoms with Crippen LogP contribution in [0.25, 0.3) is 0 Å². The number of hydrogen-bond donors (Lipinski definition) is 0. The molecule has 0 fully saturated rings. The van der Waals surface area contributed by atoms with Crippen molar-refractivity contribution in [2.24, 2.45) is 5.41 Å². The molecule has 0 saturated carbocycles. The summed E-state index contributed by atoms with van der Waals surface area (Å²) in [6.45, 7) is 10.6. The molecule has 0 saturated heterocycles. The molecule has 106 valence electrons. The molecule has 0 aliphatic carbocycles. The lowest BCUT2D eigenvalue weighted by molar-refractivity contribution is -0.136. The molecule has 3 heteroatoms. The van der Waals surface area contributed by atoms with Gasteiger partial charge in [-0.15, -0.1) is 0 Å². The van der Waals surface area contributed by atoms with Crippen molar-refractivity contribution in [3.05, 3.63) is 29.6 Å². The number of rotatable bonds is 6. The van der Waals surface area contributed by atoms with Gasteiger partial charge in [0, 0.05) is 18.5 Å². The quantitative estimate of drug-likeness (QED) is 0.791. The molecule has 0 aliphatic rings. The molecule has 0 amide bonds. The first kappa shape index (κ1) is 15.8. The predicted molar refractivity (Wildman–Crippen MR) is 77.2 cm³/mol. The highest BCUT2D eigenvalue weighted by molar-refractivity contribution is 5.85. The molecule has 1 aromatic heterocycles. The summed E-state index contributed by atoms with van der Waals surface area (Å²) in [5, 5.41) is 0. The molecular formula is C16H25NO2. The second kappa shape index (κ2) is 6.80. The Morgan fingerprint density at radius 2 is 2.00 bits per heavy atom. The summed E-state index contributed by atoms with van der Waals surface area (Å²) < 4.78 is 5.61. The van der Waals surface area contributed by atoms with Crippen LogP contribution >= 0.6 is 0 Å². The highest BCUT2D eigenvalue weighted by Crippen LogP contribution is 2.24. The Morgan fingerprint density at radius 1 is 1.32 bits per heavy atom. The first-order valence-corrected chi connectivity index (χ1v) is 6.96. The largest absolute Gasteiger partial charge is 0.370 e. The average molecular weight is 263 g/mol. The van der Waals surface area contributed by atoms with Gasteiger partial charge in [-0.1, -0.05) is 33.8 Å². The number of carbonyl (C=O) groups is 1. The van der Waals surface area contributed by atoms with E-state index in [0.29, 0.717) is 13.0 Å². The Bertz CT molecular complexity index is 404. The lowest BCUT2D eigenvalue weighted by atomic mass is 9.85. The number of ether oxygens (including phenoxy) is 1. The predicted octanol–water partition coefficient (Wildman–Crippen LogP) is 3.21. The van der Waals surface area contributed by atoms with Crippen molar-refractivity contribution < 1.29 is 9.53 Å². The van der Waals surface area contributed by atoms with Gasteiger partial charge >= 0.3 is 0 Å². The van der Waals surface area contributed by atoms with E-state index < -0.39 is 0 Å². The zero-order valence-electron chi connectivity index (χ0n) is 12.7. The summed E-state index contributed by atoms with van der Waals surface area (Å²) in [4.78, 5) is 16.7. The minimum absolute atomic E-state index is 0.103. The summed E-state index contributed by atoms with van der Waals surface area (Å²) >= 11 is 0. The zero-order valence-corrected chi connectivity index (χ0v) is 12.7. The summed E-state index contributed by atoms with van der Waals surface area (Å²) in [7, 11) is 0. The maximum Gasteiger partial charge on any atom is 0.168 e. The molecule has 3 nitrogen and oxygen atoms in total. The van der Waals surface area contributed by atoms with E-state index in [4.69, 9.17) is 4.74 Å². The number of hydrogen-bond acceptors (Lipinski definition) is 3. The number of aryl methyl sites for hydroxylation is 1. The lowest BCUT2D eigenvalue weighted by Crippen LogP contribution is -2.38. The van der Waals surface area contributed by atoms with Crippen LogP contribution in [0.2, 0.25) is 0 Å². The molecule has 0 N–H and O–H groups in total. The zero-order chi connectivity index (χ0) is 14.5. The second-order valence-electron chi connectivity index (χ2n) is 5.86. The van der Waals surface area contributed by atoms with Gasteiger partial charge in [0.1, 0.15) is 6.10 Å². The standard InChI is InChI=1S/C16H25NO2/c1-6-12-8-9-13(17-11-12)10-14(18)15(19-7-2)16(3,4)5/h8-9,11,15H,6-7,10H2,1-5H3. The van der Waals surface area contributed by atoms with Gasteiger partial charge in [0.15, 0.2) is 5.78 Å². The first-order chi connectivity index (χ1) is 8.88. The van der Waals surface area contributed by atoms with E-state index in [2.05, 4.69) is 11.9 Å². The van der Waals surface area contributed by atoms with Crippen molar-refractivity contribution in [2.75, 3.05) is 6.61 Å². The first-order valence-electron chi connectivity index (χ1n) is 6.96. The van der Waals surface area contributed by atoms with Crippen molar-refractivity contribution in [3.63, 3.8) is 0 Å². The third-order valence-electron chi connectivity index (χ3n) is 3.06. The minimum atomic E-state index is -0.370. The topological polar surface area (TPSA) is 39.2 Å². The third-order valence-corrected chi connectivity index (χ3v) is 3.06. The van der Waals surface area contributed by atoms with E-state index >= 15 is 0 Å². The number of nitrogens with zero attached hydrogens (tertiary/aromatic N) is 1. The van der Waals surface area contributed by atoms with E-state index in [-0.39, 0.29) is 17.3 Å². The van der Waals surface area contributed by atoms with Crippen LogP contribution in [0.5, 0.6) is 0 Å². The summed E-state index contributed by atoms with van der Waals surface area (Å²) in [6, 6.07) is 3.96. The summed E-state index contributed by atoms with van der Waals surface area (Å²) in [5.74, 6) is 0.103. The van der Waals surface area contributed by atoms with Gasteiger partial charge in [-0.3, -0.25) is 9.78 Å². The number of Topliss-reactive ketones (excluding diaryl/α,β-unsaturated/α-hetero) is 1. The molecule has 1 unspecified atom stereocenters. The van der Waals surface area contributed by atoms with Gasteiger partial charge in [-0.25, -0.2) is 0 Å². The Labute approximate surface area is 116 Å². The van der Waals surface area contributed by atoms with Crippen LogP contribution < -0.4 is 0 Å². The SMILES string of the molecule is CCOC(C(=O)Cc1ccc(CC)cn1)C(C)(C)C. The molecule has 1 atom stereocenters. The fraction of sp³-hybridized carbons (Fsp3) is 0.625. The molecule has 0 spiro atoms. The Morgan fingerprint density at radius 3 is 2.42 bits per heavy atom. The van der Waals surface area contributed by atoms with E-state index in [1.807, 2.05) is 46.0 Å². The fourth-order valence-electron chi connectivity index (χ4n) is 2.03. The molecule has 1 heterocycles. The number of carbonyl (C=O) groups excluding carboxylic acids is 1. The molecular weight excluding hydrogens is 238 g/mol. The molecule has 0 aliphatic heterocycles. The van der Waals surface area contributed by atoms with Crippen LogP contribution in [0, 0.1) is 5.41 Å². The summed E-state index contributed by atoms with van der Waals surface area (Å²) in [5.41, 5.74) is 1.82. The Balaban J connectivity index is 2.75. The van der Waals surface area contributed by atoms with Crippen LogP contribution in [0.1, 0.15) is 45.9 Å². The van der Waals surface area contributed by atoms with E-state index in [1.54, 1.807) is 0 Å². The molecule has 0 aromatic carbocycles. The van der Waals surface area contributed by atoms with Crippen molar-refractivity contribution in [1.29, 1.82) is 0 Å². The molecule has 1 aromatic rings. The highest BCUT2D eigenvalue weighted by Gasteiger charge is 2.31. The fourth-order valence-corrected chi connectivity index (χ4v) is 2.03. The normalized spacial score (nSPS) is 13.3. The van der Waals surface area contributed by atoms with Crippen LogP contribution in [-0.2, 0) is 22.4 Å². The summed E-state index contributed by atoms with van der Waals surface area (Å²) in [6.07, 6.45) is 2.77. The molecule has 1 rings (SSSR count). The van der Waals surface area contributed by atoms with Crippen LogP contribution in [0.3, 0.4) is 0 Å². The number of pyridine rings is 1. The maximum absolute atomic E-state index is 12.3. The molecule has 19 heavy (non-hydrogen) atoms. The van der Waals surface area contributed by atoms with E-state index in [1.165, 1.54) is 5.56 Å². The van der Waals surface area contributed by atoms with Crippen molar-refractivity contribution in [3.8, 4) is 0 Å². The van der Waals surface area contributed by atoms with Gasteiger partial charge in [0.2, 0.25) is 0 Å². The van der Waals surface area contributed by atoms with Gasteiger partial charge in [-0.05, 0) is 30.4 Å². The maximum atomic E-state index is 12.3. The Kier molecular flexibility index (Phi) is 5.67. The van der Waals surface area contributed by atoms with Crippen molar-refractivity contribution >= 4 is 5.78 Å². The molecule has 0 bridgehead atoms. The smallest absolute Gasteiger partial charge is 0.168 e. The average Bonchev–Trinajstić information content (AvgIpc) is 2.35. The minimum Gasteiger partial charge on any atom is -0.370 e. The molecule has 0 radical (unpaired) electrons. The highest BCUT2D eigenvalue weighted by atomic mass is 16.5. The number of aromatic nitrogens is 1. The van der Waals surface area contributed by atoms with E-state index in [0.717, 1.165) is 12.1 Å². The van der Waals surface area contributed by atoms with Crippen LogP contribution in [0.4, 0.5) is 0 Å². The van der Waals surface area contributed by atoms with Crippen molar-refractivity contribution in [2.45, 2.75) is 53.6 Å². The van der Waals surface area contributed by atoms with Gasteiger partial charge in [0.05, 0.1) is 6.42 Å². The monoisotopic (exact) mass is 263 g/mol. The second-order valence-corrected chi connectivity index (χ2v) is 5.86. The lowest BCUT2D eigenvalue weighted by Gasteiger charge is -2.29. The van der Waals surface area contributed by atoms with Gasteiger partial charge < -0.3 is 4.74 Å². The van der Waals surface area contributed by atoms with Crippen LogP contribution in [-0.4, -0.2) is 23.5 Å². The van der Waals surface area contributed by atoms with E-state index in [9.17, 15) is 4.79 Å². The third kappa shape index (κ3) is 4.75. The van der Waals surface area contributed by atoms with Gasteiger partial charge in [-0.2, -0.15) is 0 Å². The Hall–Kier alpha value is -1.22.